The summed E-state index contributed by atoms with van der Waals surface area (Å²) >= 11 is 11.5. The maximum Gasteiger partial charge on any atom is 0.222 e. The number of halogens is 2. The van der Waals surface area contributed by atoms with Crippen LogP contribution in [0.25, 0.3) is 0 Å². The van der Waals surface area contributed by atoms with Gasteiger partial charge in [-0.25, -0.2) is 9.97 Å². The third-order valence-electron chi connectivity index (χ3n) is 2.35. The molecule has 2 rings (SSSR count). The molecule has 0 unspecified atom stereocenters. The van der Waals surface area contributed by atoms with E-state index < -0.39 is 0 Å². The van der Waals surface area contributed by atoms with E-state index in [-0.39, 0.29) is 0 Å². The largest absolute Gasteiger partial charge is 0.354 e. The van der Waals surface area contributed by atoms with Gasteiger partial charge in [0.25, 0.3) is 0 Å². The average molecular weight is 232 g/mol. The van der Waals surface area contributed by atoms with E-state index in [1.165, 1.54) is 0 Å². The summed E-state index contributed by atoms with van der Waals surface area (Å²) in [6.07, 6.45) is 5.34. The van der Waals surface area contributed by atoms with E-state index in [1.54, 1.807) is 12.4 Å². The molecule has 1 saturated carbocycles. The Hall–Kier alpha value is -0.540. The molecule has 0 amide bonds. The standard InChI is InChI=1S/C9H11Cl2N3/c10-7-1-6(2-7)3-12-9-13-4-8(11)5-14-9/h4-7H,1-3H2,(H,12,13,14). The van der Waals surface area contributed by atoms with Gasteiger partial charge in [0.1, 0.15) is 0 Å². The summed E-state index contributed by atoms with van der Waals surface area (Å²) in [5.74, 6) is 1.30. The van der Waals surface area contributed by atoms with E-state index in [1.807, 2.05) is 0 Å². The molecule has 0 radical (unpaired) electrons. The molecule has 0 atom stereocenters. The second-order valence-electron chi connectivity index (χ2n) is 3.54. The van der Waals surface area contributed by atoms with E-state index in [9.17, 15) is 0 Å². The molecule has 3 nitrogen and oxygen atoms in total. The summed E-state index contributed by atoms with van der Waals surface area (Å²) in [6, 6.07) is 0. The minimum absolute atomic E-state index is 0.368. The number of rotatable bonds is 3. The second-order valence-corrected chi connectivity index (χ2v) is 4.59. The fourth-order valence-corrected chi connectivity index (χ4v) is 2.06. The summed E-state index contributed by atoms with van der Waals surface area (Å²) < 4.78 is 0. The summed E-state index contributed by atoms with van der Waals surface area (Å²) in [5, 5.41) is 4.08. The van der Waals surface area contributed by atoms with Gasteiger partial charge in [-0.2, -0.15) is 0 Å². The minimum Gasteiger partial charge on any atom is -0.354 e. The molecule has 1 aromatic heterocycles. The first-order valence-electron chi connectivity index (χ1n) is 4.59. The van der Waals surface area contributed by atoms with Gasteiger partial charge in [0, 0.05) is 11.9 Å². The van der Waals surface area contributed by atoms with E-state index in [2.05, 4.69) is 15.3 Å². The first kappa shape index (κ1) is 9.99. The molecule has 1 aliphatic carbocycles. The third-order valence-corrected chi connectivity index (χ3v) is 2.90. The molecule has 5 heteroatoms. The van der Waals surface area contributed by atoms with Gasteiger partial charge in [0.05, 0.1) is 17.4 Å². The fraction of sp³-hybridized carbons (Fsp3) is 0.556. The number of nitrogens with zero attached hydrogens (tertiary/aromatic N) is 2. The summed E-state index contributed by atoms with van der Waals surface area (Å²) in [6.45, 7) is 0.894. The van der Waals surface area contributed by atoms with Gasteiger partial charge in [-0.15, -0.1) is 11.6 Å². The van der Waals surface area contributed by atoms with Gasteiger partial charge in [-0.3, -0.25) is 0 Å². The lowest BCUT2D eigenvalue weighted by Crippen LogP contribution is -2.30. The molecular formula is C9H11Cl2N3. The van der Waals surface area contributed by atoms with Crippen molar-refractivity contribution in [2.45, 2.75) is 18.2 Å². The Morgan fingerprint density at radius 2 is 2.00 bits per heavy atom. The molecule has 1 fully saturated rings. The SMILES string of the molecule is Clc1cnc(NCC2CC(Cl)C2)nc1. The van der Waals surface area contributed by atoms with Gasteiger partial charge in [0.2, 0.25) is 5.95 Å². The van der Waals surface area contributed by atoms with Crippen LogP contribution in [0.4, 0.5) is 5.95 Å². The van der Waals surface area contributed by atoms with Crippen molar-refractivity contribution < 1.29 is 0 Å². The quantitative estimate of drug-likeness (QED) is 0.814. The zero-order valence-corrected chi connectivity index (χ0v) is 9.09. The first-order valence-corrected chi connectivity index (χ1v) is 5.41. The van der Waals surface area contributed by atoms with E-state index >= 15 is 0 Å². The molecule has 0 saturated heterocycles. The maximum atomic E-state index is 5.87. The molecule has 76 valence electrons. The summed E-state index contributed by atoms with van der Waals surface area (Å²) in [7, 11) is 0. The number of aromatic nitrogens is 2. The van der Waals surface area contributed by atoms with Gasteiger partial charge in [-0.1, -0.05) is 11.6 Å². The molecular weight excluding hydrogens is 221 g/mol. The van der Waals surface area contributed by atoms with Crippen molar-refractivity contribution in [1.82, 2.24) is 9.97 Å². The lowest BCUT2D eigenvalue weighted by molar-refractivity contribution is 0.341. The Kier molecular flexibility index (Phi) is 3.08. The summed E-state index contributed by atoms with van der Waals surface area (Å²) in [5.41, 5.74) is 0. The highest BCUT2D eigenvalue weighted by Crippen LogP contribution is 2.31. The molecule has 0 spiro atoms. The van der Waals surface area contributed by atoms with Crippen molar-refractivity contribution in [2.24, 2.45) is 5.92 Å². The number of hydrogen-bond donors (Lipinski definition) is 1. The van der Waals surface area contributed by atoms with Gasteiger partial charge in [0.15, 0.2) is 0 Å². The Labute approximate surface area is 92.8 Å². The summed E-state index contributed by atoms with van der Waals surface area (Å²) in [4.78, 5) is 8.08. The van der Waals surface area contributed by atoms with Crippen molar-refractivity contribution in [3.05, 3.63) is 17.4 Å². The number of alkyl halides is 1. The maximum absolute atomic E-state index is 5.87. The van der Waals surface area contributed by atoms with Crippen molar-refractivity contribution in [1.29, 1.82) is 0 Å². The van der Waals surface area contributed by atoms with Crippen LogP contribution in [0.3, 0.4) is 0 Å². The van der Waals surface area contributed by atoms with Crippen LogP contribution in [-0.2, 0) is 0 Å². The topological polar surface area (TPSA) is 37.8 Å². The van der Waals surface area contributed by atoms with Crippen molar-refractivity contribution in [3.63, 3.8) is 0 Å². The normalized spacial score (nSPS) is 25.6. The van der Waals surface area contributed by atoms with Crippen LogP contribution in [0.5, 0.6) is 0 Å². The van der Waals surface area contributed by atoms with Crippen LogP contribution >= 0.6 is 23.2 Å². The predicted molar refractivity (Wildman–Crippen MR) is 57.9 cm³/mol. The van der Waals surface area contributed by atoms with Crippen LogP contribution in [0.1, 0.15) is 12.8 Å². The van der Waals surface area contributed by atoms with Crippen LogP contribution in [0.15, 0.2) is 12.4 Å². The Bertz CT molecular complexity index is 295. The average Bonchev–Trinajstić information content (AvgIpc) is 2.13. The van der Waals surface area contributed by atoms with E-state index in [0.717, 1.165) is 19.4 Å². The molecule has 0 bridgehead atoms. The highest BCUT2D eigenvalue weighted by molar-refractivity contribution is 6.30. The van der Waals surface area contributed by atoms with E-state index in [0.29, 0.717) is 22.3 Å². The van der Waals surface area contributed by atoms with Crippen LogP contribution in [0, 0.1) is 5.92 Å². The van der Waals surface area contributed by atoms with Gasteiger partial charge < -0.3 is 5.32 Å². The zero-order valence-electron chi connectivity index (χ0n) is 7.58. The molecule has 0 aromatic carbocycles. The number of hydrogen-bond acceptors (Lipinski definition) is 3. The lowest BCUT2D eigenvalue weighted by Gasteiger charge is -2.30. The first-order chi connectivity index (χ1) is 6.74. The van der Waals surface area contributed by atoms with Crippen LogP contribution in [0.2, 0.25) is 5.02 Å². The highest BCUT2D eigenvalue weighted by atomic mass is 35.5. The van der Waals surface area contributed by atoms with Gasteiger partial charge in [-0.05, 0) is 18.8 Å². The Morgan fingerprint density at radius 1 is 1.36 bits per heavy atom. The van der Waals surface area contributed by atoms with Crippen molar-refractivity contribution >= 4 is 29.2 Å². The Balaban J connectivity index is 1.78. The molecule has 1 heterocycles. The molecule has 0 aliphatic heterocycles. The van der Waals surface area contributed by atoms with Gasteiger partial charge >= 0.3 is 0 Å². The van der Waals surface area contributed by atoms with Crippen LogP contribution in [-0.4, -0.2) is 21.9 Å². The predicted octanol–water partition coefficient (Wildman–Crippen LogP) is 2.56. The minimum atomic E-state index is 0.368. The fourth-order valence-electron chi connectivity index (χ4n) is 1.46. The van der Waals surface area contributed by atoms with E-state index in [4.69, 9.17) is 23.2 Å². The van der Waals surface area contributed by atoms with Crippen molar-refractivity contribution in [2.75, 3.05) is 11.9 Å². The Morgan fingerprint density at radius 3 is 2.57 bits per heavy atom. The second kappa shape index (κ2) is 4.32. The molecule has 14 heavy (non-hydrogen) atoms. The zero-order chi connectivity index (χ0) is 9.97. The third kappa shape index (κ3) is 2.49. The smallest absolute Gasteiger partial charge is 0.222 e. The lowest BCUT2D eigenvalue weighted by atomic mass is 9.85. The highest BCUT2D eigenvalue weighted by Gasteiger charge is 2.26. The molecule has 1 aromatic rings. The monoisotopic (exact) mass is 231 g/mol. The molecule has 1 aliphatic rings. The number of anilines is 1. The molecule has 1 N–H and O–H groups in total. The van der Waals surface area contributed by atoms with Crippen molar-refractivity contribution in [3.8, 4) is 0 Å². The van der Waals surface area contributed by atoms with Crippen LogP contribution < -0.4 is 5.32 Å². The number of nitrogens with one attached hydrogen (secondary N) is 1.